The van der Waals surface area contributed by atoms with E-state index in [1.165, 1.54) is 115 Å². The monoisotopic (exact) mass is 840 g/mol. The molecule has 2 nitrogen and oxygen atoms in total. The van der Waals surface area contributed by atoms with E-state index in [1.807, 2.05) is 0 Å². The Kier molecular flexibility index (Phi) is 8.46. The molecule has 2 heteroatoms. The van der Waals surface area contributed by atoms with E-state index in [0.717, 1.165) is 0 Å². The minimum Gasteiger partial charge on any atom is -0.335 e. The summed E-state index contributed by atoms with van der Waals surface area (Å²) in [6.45, 7) is 9.98. The molecule has 2 heterocycles. The third-order valence-corrected chi connectivity index (χ3v) is 17.2. The Balaban J connectivity index is 0.989. The van der Waals surface area contributed by atoms with Gasteiger partial charge in [-0.25, -0.2) is 0 Å². The van der Waals surface area contributed by atoms with Crippen molar-refractivity contribution in [2.75, 3.05) is 9.80 Å². The first-order chi connectivity index (χ1) is 31.8. The molecule has 0 radical (unpaired) electrons. The molecule has 65 heavy (non-hydrogen) atoms. The molecule has 0 spiro atoms. The van der Waals surface area contributed by atoms with E-state index in [9.17, 15) is 0 Å². The average molecular weight is 841 g/mol. The first-order valence-electron chi connectivity index (χ1n) is 24.2. The van der Waals surface area contributed by atoms with E-state index in [1.54, 1.807) is 0 Å². The van der Waals surface area contributed by atoms with E-state index in [2.05, 4.69) is 232 Å². The molecule has 0 aromatic heterocycles. The zero-order valence-electron chi connectivity index (χ0n) is 38.0. The quantitative estimate of drug-likeness (QED) is 0.165. The van der Waals surface area contributed by atoms with Gasteiger partial charge in [0.05, 0.1) is 5.41 Å². The SMILES string of the molecule is CC1CCC2(C)C1c1cc(-c3ccc4c(c3)-c3cc(-c5ccc6c(c5)C5C(C)CCC5(C)N6c5ccccc5)ccc3C4(c3ccccc3)c3ccccc3)ccc1N2c1ccccc1. The molecule has 8 aromatic rings. The lowest BCUT2D eigenvalue weighted by molar-refractivity contribution is 0.414. The van der Waals surface area contributed by atoms with Gasteiger partial charge in [-0.15, -0.1) is 0 Å². The summed E-state index contributed by atoms with van der Waals surface area (Å²) in [4.78, 5) is 5.33. The van der Waals surface area contributed by atoms with E-state index in [-0.39, 0.29) is 11.1 Å². The van der Waals surface area contributed by atoms with Crippen molar-refractivity contribution >= 4 is 22.7 Å². The predicted molar refractivity (Wildman–Crippen MR) is 271 cm³/mol. The molecule has 318 valence electrons. The topological polar surface area (TPSA) is 6.48 Å². The van der Waals surface area contributed by atoms with Gasteiger partial charge in [0.1, 0.15) is 0 Å². The second-order valence-electron chi connectivity index (χ2n) is 20.6. The van der Waals surface area contributed by atoms with Crippen LogP contribution in [0, 0.1) is 11.8 Å². The molecule has 6 atom stereocenters. The lowest BCUT2D eigenvalue weighted by Gasteiger charge is -2.38. The Morgan fingerprint density at radius 1 is 0.400 bits per heavy atom. The van der Waals surface area contributed by atoms with Gasteiger partial charge in [0, 0.05) is 45.7 Å². The fourth-order valence-electron chi connectivity index (χ4n) is 14.5. The van der Waals surface area contributed by atoms with Crippen molar-refractivity contribution in [2.45, 2.75) is 81.7 Å². The van der Waals surface area contributed by atoms with Crippen LogP contribution >= 0.6 is 0 Å². The highest BCUT2D eigenvalue weighted by molar-refractivity contribution is 5.92. The summed E-state index contributed by atoms with van der Waals surface area (Å²) < 4.78 is 0. The zero-order chi connectivity index (χ0) is 43.7. The van der Waals surface area contributed by atoms with Crippen LogP contribution in [-0.4, -0.2) is 11.1 Å². The number of anilines is 4. The molecule has 5 aliphatic rings. The molecular formula is C63H56N2. The normalized spacial score (nSPS) is 25.2. The summed E-state index contributed by atoms with van der Waals surface area (Å²) >= 11 is 0. The van der Waals surface area contributed by atoms with Crippen LogP contribution in [0.1, 0.15) is 98.6 Å². The first-order valence-corrected chi connectivity index (χ1v) is 24.2. The smallest absolute Gasteiger partial charge is 0.0713 e. The lowest BCUT2D eigenvalue weighted by Crippen LogP contribution is -2.40. The van der Waals surface area contributed by atoms with E-state index in [4.69, 9.17) is 0 Å². The van der Waals surface area contributed by atoms with Crippen LogP contribution in [0.3, 0.4) is 0 Å². The van der Waals surface area contributed by atoms with Crippen molar-refractivity contribution in [3.05, 3.63) is 228 Å². The number of fused-ring (bicyclic) bond motifs is 9. The minimum absolute atomic E-state index is 0.0613. The molecule has 2 saturated carbocycles. The molecule has 0 N–H and O–H groups in total. The summed E-state index contributed by atoms with van der Waals surface area (Å²) in [5.74, 6) is 2.21. The van der Waals surface area contributed by atoms with Gasteiger partial charge in [0.15, 0.2) is 0 Å². The predicted octanol–water partition coefficient (Wildman–Crippen LogP) is 16.2. The standard InChI is InChI=1S/C63H56N2/c1-41-33-35-61(3)59(41)53-39-45(27-31-57(53)64(61)49-21-13-7-14-22-49)43-25-29-55-51(37-43)52-38-44(26-30-56(52)63(55,47-17-9-5-10-18-47)48-19-11-6-12-20-48)46-28-32-58-54(40-46)60-42(2)34-36-62(60,4)65(58)50-23-15-8-16-24-50/h5-32,37-42,59-60H,33-36H2,1-4H3. The van der Waals surface area contributed by atoms with Crippen molar-refractivity contribution in [3.8, 4) is 33.4 Å². The van der Waals surface area contributed by atoms with Crippen LogP contribution in [0.4, 0.5) is 22.7 Å². The van der Waals surface area contributed by atoms with Crippen molar-refractivity contribution in [1.29, 1.82) is 0 Å². The van der Waals surface area contributed by atoms with Crippen LogP contribution in [0.2, 0.25) is 0 Å². The fourth-order valence-corrected chi connectivity index (χ4v) is 14.5. The van der Waals surface area contributed by atoms with Gasteiger partial charge in [-0.2, -0.15) is 0 Å². The highest BCUT2D eigenvalue weighted by atomic mass is 15.3. The molecular weight excluding hydrogens is 785 g/mol. The van der Waals surface area contributed by atoms with Gasteiger partial charge in [0.25, 0.3) is 0 Å². The third-order valence-electron chi connectivity index (χ3n) is 17.2. The van der Waals surface area contributed by atoms with Crippen LogP contribution in [-0.2, 0) is 5.41 Å². The summed E-state index contributed by atoms with van der Waals surface area (Å²) in [5, 5.41) is 0. The summed E-state index contributed by atoms with van der Waals surface area (Å²) in [6.07, 6.45) is 4.90. The van der Waals surface area contributed by atoms with Gasteiger partial charge in [0.2, 0.25) is 0 Å². The first kappa shape index (κ1) is 38.8. The molecule has 6 unspecified atom stereocenters. The Morgan fingerprint density at radius 2 is 0.754 bits per heavy atom. The van der Waals surface area contributed by atoms with Crippen molar-refractivity contribution in [2.24, 2.45) is 11.8 Å². The largest absolute Gasteiger partial charge is 0.335 e. The number of nitrogens with zero attached hydrogens (tertiary/aromatic N) is 2. The number of para-hydroxylation sites is 2. The molecule has 0 saturated heterocycles. The molecule has 2 aliphatic heterocycles. The van der Waals surface area contributed by atoms with E-state index < -0.39 is 5.41 Å². The number of hydrogen-bond donors (Lipinski definition) is 0. The van der Waals surface area contributed by atoms with Gasteiger partial charge in [-0.05, 0) is 179 Å². The summed E-state index contributed by atoms with van der Waals surface area (Å²) in [5.41, 5.74) is 21.1. The number of rotatable bonds is 6. The molecule has 0 amide bonds. The summed E-state index contributed by atoms with van der Waals surface area (Å²) in [6, 6.07) is 74.2. The maximum Gasteiger partial charge on any atom is 0.0713 e. The Bertz CT molecular complexity index is 2920. The maximum absolute atomic E-state index is 2.67. The molecule has 2 fully saturated rings. The third kappa shape index (κ3) is 5.34. The number of hydrogen-bond acceptors (Lipinski definition) is 2. The maximum atomic E-state index is 2.67. The van der Waals surface area contributed by atoms with Crippen molar-refractivity contribution in [1.82, 2.24) is 0 Å². The number of benzene rings is 8. The highest BCUT2D eigenvalue weighted by Crippen LogP contribution is 2.64. The highest BCUT2D eigenvalue weighted by Gasteiger charge is 2.56. The average Bonchev–Trinajstić information content (AvgIpc) is 4.08. The van der Waals surface area contributed by atoms with Crippen molar-refractivity contribution < 1.29 is 0 Å². The Labute approximate surface area is 385 Å². The molecule has 8 aromatic carbocycles. The van der Waals surface area contributed by atoms with Gasteiger partial charge >= 0.3 is 0 Å². The van der Waals surface area contributed by atoms with E-state index in [0.29, 0.717) is 23.7 Å². The van der Waals surface area contributed by atoms with Gasteiger partial charge < -0.3 is 9.80 Å². The van der Waals surface area contributed by atoms with Crippen LogP contribution < -0.4 is 9.80 Å². The van der Waals surface area contributed by atoms with Gasteiger partial charge in [-0.3, -0.25) is 0 Å². The second kappa shape index (κ2) is 14.2. The molecule has 13 rings (SSSR count). The second-order valence-corrected chi connectivity index (χ2v) is 20.6. The van der Waals surface area contributed by atoms with Crippen LogP contribution in [0.5, 0.6) is 0 Å². The Hall–Kier alpha value is -6.64. The van der Waals surface area contributed by atoms with Crippen molar-refractivity contribution in [3.63, 3.8) is 0 Å². The van der Waals surface area contributed by atoms with Crippen LogP contribution in [0.15, 0.2) is 194 Å². The van der Waals surface area contributed by atoms with Crippen LogP contribution in [0.25, 0.3) is 33.4 Å². The Morgan fingerprint density at radius 3 is 1.15 bits per heavy atom. The molecule has 0 bridgehead atoms. The molecule has 3 aliphatic carbocycles. The minimum atomic E-state index is -0.464. The lowest BCUT2D eigenvalue weighted by atomic mass is 9.67. The van der Waals surface area contributed by atoms with Gasteiger partial charge in [-0.1, -0.05) is 147 Å². The zero-order valence-corrected chi connectivity index (χ0v) is 38.0. The fraction of sp³-hybridized carbons (Fsp3) is 0.238. The van der Waals surface area contributed by atoms with E-state index >= 15 is 0 Å². The summed E-state index contributed by atoms with van der Waals surface area (Å²) in [7, 11) is 0.